The zero-order valence-electron chi connectivity index (χ0n) is 11.1. The van der Waals surface area contributed by atoms with E-state index in [0.29, 0.717) is 13.0 Å². The highest BCUT2D eigenvalue weighted by molar-refractivity contribution is 5.94. The lowest BCUT2D eigenvalue weighted by atomic mass is 10.1. The van der Waals surface area contributed by atoms with Gasteiger partial charge in [0.15, 0.2) is 0 Å². The van der Waals surface area contributed by atoms with Crippen molar-refractivity contribution in [2.75, 3.05) is 18.4 Å². The second-order valence-corrected chi connectivity index (χ2v) is 4.17. The van der Waals surface area contributed by atoms with Gasteiger partial charge in [0.1, 0.15) is 17.3 Å². The summed E-state index contributed by atoms with van der Waals surface area (Å²) in [7, 11) is 0. The molecule has 0 saturated heterocycles. The van der Waals surface area contributed by atoms with Crippen molar-refractivity contribution in [2.45, 2.75) is 19.8 Å². The SMILES string of the molecule is CCNc1c(F)cc(C(=O)NCCCC(N)=O)cc1F. The van der Waals surface area contributed by atoms with Gasteiger partial charge in [0.05, 0.1) is 0 Å². The standard InChI is InChI=1S/C13H17F2N3O2/c1-2-17-12-9(14)6-8(7-10(12)15)13(20)18-5-3-4-11(16)19/h6-7,17H,2-5H2,1H3,(H2,16,19)(H,18,20). The monoisotopic (exact) mass is 285 g/mol. The number of hydrogen-bond donors (Lipinski definition) is 3. The second kappa shape index (κ2) is 7.42. The van der Waals surface area contributed by atoms with E-state index in [2.05, 4.69) is 10.6 Å². The van der Waals surface area contributed by atoms with Crippen LogP contribution in [0, 0.1) is 11.6 Å². The molecule has 1 aromatic carbocycles. The molecule has 0 saturated carbocycles. The number of nitrogens with two attached hydrogens (primary N) is 1. The molecule has 0 aliphatic carbocycles. The number of benzene rings is 1. The molecule has 0 aliphatic heterocycles. The summed E-state index contributed by atoms with van der Waals surface area (Å²) >= 11 is 0. The van der Waals surface area contributed by atoms with Gasteiger partial charge >= 0.3 is 0 Å². The highest BCUT2D eigenvalue weighted by Gasteiger charge is 2.14. The molecule has 0 spiro atoms. The summed E-state index contributed by atoms with van der Waals surface area (Å²) in [6.45, 7) is 2.28. The maximum atomic E-state index is 13.6. The molecule has 0 atom stereocenters. The number of hydrogen-bond acceptors (Lipinski definition) is 3. The number of amides is 2. The van der Waals surface area contributed by atoms with E-state index >= 15 is 0 Å². The molecule has 7 heteroatoms. The van der Waals surface area contributed by atoms with E-state index in [1.165, 1.54) is 0 Å². The van der Waals surface area contributed by atoms with Crippen LogP contribution in [0.3, 0.4) is 0 Å². The average molecular weight is 285 g/mol. The largest absolute Gasteiger partial charge is 0.381 e. The molecular weight excluding hydrogens is 268 g/mol. The molecule has 20 heavy (non-hydrogen) atoms. The first-order chi connectivity index (χ1) is 9.45. The van der Waals surface area contributed by atoms with E-state index in [9.17, 15) is 18.4 Å². The van der Waals surface area contributed by atoms with E-state index in [0.717, 1.165) is 12.1 Å². The predicted molar refractivity (Wildman–Crippen MR) is 71.3 cm³/mol. The molecule has 0 heterocycles. The minimum absolute atomic E-state index is 0.110. The molecule has 5 nitrogen and oxygen atoms in total. The maximum Gasteiger partial charge on any atom is 0.251 e. The minimum Gasteiger partial charge on any atom is -0.381 e. The first-order valence-electron chi connectivity index (χ1n) is 6.25. The van der Waals surface area contributed by atoms with Crippen molar-refractivity contribution in [3.05, 3.63) is 29.3 Å². The summed E-state index contributed by atoms with van der Waals surface area (Å²) in [5.41, 5.74) is 4.59. The van der Waals surface area contributed by atoms with Gasteiger partial charge in [0.25, 0.3) is 5.91 Å². The van der Waals surface area contributed by atoms with Gasteiger partial charge in [-0.15, -0.1) is 0 Å². The van der Waals surface area contributed by atoms with Crippen LogP contribution in [-0.4, -0.2) is 24.9 Å². The Balaban J connectivity index is 2.67. The molecule has 4 N–H and O–H groups in total. The van der Waals surface area contributed by atoms with Crippen LogP contribution >= 0.6 is 0 Å². The number of anilines is 1. The zero-order valence-corrected chi connectivity index (χ0v) is 11.1. The molecule has 0 radical (unpaired) electrons. The fraction of sp³-hybridized carbons (Fsp3) is 0.385. The summed E-state index contributed by atoms with van der Waals surface area (Å²) in [5, 5.41) is 5.00. The van der Waals surface area contributed by atoms with Crippen molar-refractivity contribution < 1.29 is 18.4 Å². The minimum atomic E-state index is -0.825. The van der Waals surface area contributed by atoms with Gasteiger partial charge in [-0.25, -0.2) is 8.78 Å². The molecular formula is C13H17F2N3O2. The third-order valence-corrected chi connectivity index (χ3v) is 2.54. The lowest BCUT2D eigenvalue weighted by molar-refractivity contribution is -0.118. The maximum absolute atomic E-state index is 13.6. The van der Waals surface area contributed by atoms with E-state index in [1.54, 1.807) is 6.92 Å². The van der Waals surface area contributed by atoms with Crippen LogP contribution in [-0.2, 0) is 4.79 Å². The van der Waals surface area contributed by atoms with E-state index < -0.39 is 23.4 Å². The van der Waals surface area contributed by atoms with Gasteiger partial charge in [0, 0.05) is 25.1 Å². The van der Waals surface area contributed by atoms with E-state index in [-0.39, 0.29) is 24.2 Å². The molecule has 1 aromatic rings. The van der Waals surface area contributed by atoms with Crippen molar-refractivity contribution in [2.24, 2.45) is 5.73 Å². The number of carbonyl (C=O) groups excluding carboxylic acids is 2. The first kappa shape index (κ1) is 15.9. The lowest BCUT2D eigenvalue weighted by Crippen LogP contribution is -2.26. The molecule has 0 bridgehead atoms. The summed E-state index contributed by atoms with van der Waals surface area (Å²) in [5.74, 6) is -2.72. The molecule has 0 fully saturated rings. The normalized spacial score (nSPS) is 10.2. The zero-order chi connectivity index (χ0) is 15.1. The number of carbonyl (C=O) groups is 2. The fourth-order valence-corrected chi connectivity index (χ4v) is 1.62. The van der Waals surface area contributed by atoms with Gasteiger partial charge in [0.2, 0.25) is 5.91 Å². The number of halogens is 2. The Labute approximate surface area is 115 Å². The van der Waals surface area contributed by atoms with Crippen LogP contribution in [0.1, 0.15) is 30.1 Å². The van der Waals surface area contributed by atoms with Crippen molar-refractivity contribution >= 4 is 17.5 Å². The van der Waals surface area contributed by atoms with Crippen LogP contribution in [0.25, 0.3) is 0 Å². The molecule has 0 unspecified atom stereocenters. The molecule has 0 aliphatic rings. The smallest absolute Gasteiger partial charge is 0.251 e. The van der Waals surface area contributed by atoms with Gasteiger partial charge in [-0.1, -0.05) is 0 Å². The Morgan fingerprint density at radius 3 is 2.35 bits per heavy atom. The van der Waals surface area contributed by atoms with Crippen LogP contribution in [0.15, 0.2) is 12.1 Å². The molecule has 110 valence electrons. The number of nitrogens with one attached hydrogen (secondary N) is 2. The predicted octanol–water partition coefficient (Wildman–Crippen LogP) is 1.39. The van der Waals surface area contributed by atoms with Crippen molar-refractivity contribution in [3.8, 4) is 0 Å². The first-order valence-corrected chi connectivity index (χ1v) is 6.25. The Hall–Kier alpha value is -2.18. The number of primary amides is 1. The van der Waals surface area contributed by atoms with Gasteiger partial charge < -0.3 is 16.4 Å². The van der Waals surface area contributed by atoms with Crippen molar-refractivity contribution in [1.82, 2.24) is 5.32 Å². The third-order valence-electron chi connectivity index (χ3n) is 2.54. The lowest BCUT2D eigenvalue weighted by Gasteiger charge is -2.09. The Kier molecular flexibility index (Phi) is 5.89. The van der Waals surface area contributed by atoms with Gasteiger partial charge in [-0.05, 0) is 25.5 Å². The van der Waals surface area contributed by atoms with Crippen molar-refractivity contribution in [1.29, 1.82) is 0 Å². The van der Waals surface area contributed by atoms with Crippen LogP contribution < -0.4 is 16.4 Å². The Bertz CT molecular complexity index is 483. The molecule has 2 amide bonds. The summed E-state index contributed by atoms with van der Waals surface area (Å²) in [6.07, 6.45) is 0.518. The van der Waals surface area contributed by atoms with E-state index in [1.807, 2.05) is 0 Å². The van der Waals surface area contributed by atoms with Crippen LogP contribution in [0.2, 0.25) is 0 Å². The third kappa shape index (κ3) is 4.49. The number of rotatable bonds is 7. The molecule has 1 rings (SSSR count). The summed E-state index contributed by atoms with van der Waals surface area (Å²) in [6, 6.07) is 1.93. The highest BCUT2D eigenvalue weighted by Crippen LogP contribution is 2.20. The highest BCUT2D eigenvalue weighted by atomic mass is 19.1. The average Bonchev–Trinajstić information content (AvgIpc) is 2.38. The quantitative estimate of drug-likeness (QED) is 0.662. The summed E-state index contributed by atoms with van der Waals surface area (Å²) in [4.78, 5) is 22.2. The van der Waals surface area contributed by atoms with Crippen LogP contribution in [0.4, 0.5) is 14.5 Å². The topological polar surface area (TPSA) is 84.2 Å². The van der Waals surface area contributed by atoms with Crippen molar-refractivity contribution in [3.63, 3.8) is 0 Å². The Morgan fingerprint density at radius 2 is 1.85 bits per heavy atom. The van der Waals surface area contributed by atoms with Gasteiger partial charge in [-0.2, -0.15) is 0 Å². The second-order valence-electron chi connectivity index (χ2n) is 4.17. The fourth-order valence-electron chi connectivity index (χ4n) is 1.62. The Morgan fingerprint density at radius 1 is 1.25 bits per heavy atom. The van der Waals surface area contributed by atoms with Crippen LogP contribution in [0.5, 0.6) is 0 Å². The van der Waals surface area contributed by atoms with E-state index in [4.69, 9.17) is 5.73 Å². The van der Waals surface area contributed by atoms with Gasteiger partial charge in [-0.3, -0.25) is 9.59 Å². The summed E-state index contributed by atoms with van der Waals surface area (Å²) < 4.78 is 27.2. The molecule has 0 aromatic heterocycles.